The first-order chi connectivity index (χ1) is 8.09. The standard InChI is InChI=1S/C14H19FN2/c1-10(2)16-9-11(3)17-8-7-12-13(15)5-4-6-14(12)17/h4-8,10-11,16H,9H2,1-3H3. The monoisotopic (exact) mass is 234 g/mol. The molecular weight excluding hydrogens is 215 g/mol. The van der Waals surface area contributed by atoms with Crippen LogP contribution in [0.5, 0.6) is 0 Å². The van der Waals surface area contributed by atoms with Crippen molar-refractivity contribution in [2.45, 2.75) is 32.9 Å². The lowest BCUT2D eigenvalue weighted by Crippen LogP contribution is -2.29. The summed E-state index contributed by atoms with van der Waals surface area (Å²) >= 11 is 0. The number of rotatable bonds is 4. The first-order valence-electron chi connectivity index (χ1n) is 6.08. The summed E-state index contributed by atoms with van der Waals surface area (Å²) in [6.45, 7) is 7.28. The normalized spacial score (nSPS) is 13.5. The van der Waals surface area contributed by atoms with E-state index in [0.717, 1.165) is 12.1 Å². The fourth-order valence-corrected chi connectivity index (χ4v) is 2.04. The maximum absolute atomic E-state index is 13.5. The van der Waals surface area contributed by atoms with Crippen molar-refractivity contribution in [3.8, 4) is 0 Å². The van der Waals surface area contributed by atoms with Gasteiger partial charge in [-0.05, 0) is 25.1 Å². The zero-order valence-corrected chi connectivity index (χ0v) is 10.6. The summed E-state index contributed by atoms with van der Waals surface area (Å²) in [6.07, 6.45) is 1.96. The van der Waals surface area contributed by atoms with Gasteiger partial charge in [-0.2, -0.15) is 0 Å². The van der Waals surface area contributed by atoms with Gasteiger partial charge < -0.3 is 9.88 Å². The summed E-state index contributed by atoms with van der Waals surface area (Å²) in [5.74, 6) is -0.148. The predicted octanol–water partition coefficient (Wildman–Crippen LogP) is 3.34. The van der Waals surface area contributed by atoms with Crippen LogP contribution in [0.3, 0.4) is 0 Å². The second-order valence-electron chi connectivity index (χ2n) is 4.81. The summed E-state index contributed by atoms with van der Waals surface area (Å²) < 4.78 is 15.7. The van der Waals surface area contributed by atoms with Crippen molar-refractivity contribution in [1.29, 1.82) is 0 Å². The molecule has 1 heterocycles. The minimum atomic E-state index is -0.148. The van der Waals surface area contributed by atoms with Gasteiger partial charge in [-0.15, -0.1) is 0 Å². The van der Waals surface area contributed by atoms with Crippen molar-refractivity contribution in [2.24, 2.45) is 0 Å². The number of fused-ring (bicyclic) bond motifs is 1. The number of nitrogens with zero attached hydrogens (tertiary/aromatic N) is 1. The summed E-state index contributed by atoms with van der Waals surface area (Å²) in [6, 6.07) is 7.86. The molecule has 2 rings (SSSR count). The van der Waals surface area contributed by atoms with E-state index in [1.54, 1.807) is 6.07 Å². The Balaban J connectivity index is 2.27. The summed E-state index contributed by atoms with van der Waals surface area (Å²) in [5.41, 5.74) is 0.961. The molecule has 1 unspecified atom stereocenters. The fraction of sp³-hybridized carbons (Fsp3) is 0.429. The molecule has 0 aliphatic heterocycles. The molecule has 0 fully saturated rings. The van der Waals surface area contributed by atoms with Crippen molar-refractivity contribution in [3.63, 3.8) is 0 Å². The van der Waals surface area contributed by atoms with E-state index in [0.29, 0.717) is 17.5 Å². The van der Waals surface area contributed by atoms with Gasteiger partial charge in [-0.25, -0.2) is 4.39 Å². The maximum Gasteiger partial charge on any atom is 0.132 e. The number of nitrogens with one attached hydrogen (secondary N) is 1. The molecule has 0 saturated carbocycles. The summed E-state index contributed by atoms with van der Waals surface area (Å²) in [7, 11) is 0. The second-order valence-corrected chi connectivity index (χ2v) is 4.81. The number of hydrogen-bond acceptors (Lipinski definition) is 1. The van der Waals surface area contributed by atoms with Gasteiger partial charge in [0, 0.05) is 30.2 Å². The van der Waals surface area contributed by atoms with Crippen LogP contribution in [0.1, 0.15) is 26.8 Å². The SMILES string of the molecule is CC(C)NCC(C)n1ccc2c(F)cccc21. The van der Waals surface area contributed by atoms with Crippen LogP contribution in [0.15, 0.2) is 30.5 Å². The molecule has 1 aromatic carbocycles. The van der Waals surface area contributed by atoms with E-state index < -0.39 is 0 Å². The molecule has 0 aliphatic carbocycles. The Morgan fingerprint density at radius 3 is 2.71 bits per heavy atom. The van der Waals surface area contributed by atoms with E-state index in [1.165, 1.54) is 6.07 Å². The molecule has 0 bridgehead atoms. The number of benzene rings is 1. The van der Waals surface area contributed by atoms with E-state index in [-0.39, 0.29) is 5.82 Å². The molecule has 0 radical (unpaired) electrons. The van der Waals surface area contributed by atoms with Crippen molar-refractivity contribution >= 4 is 10.9 Å². The largest absolute Gasteiger partial charge is 0.343 e. The molecule has 0 spiro atoms. The molecule has 2 aromatic rings. The van der Waals surface area contributed by atoms with Crippen LogP contribution in [0, 0.1) is 5.82 Å². The second kappa shape index (κ2) is 4.88. The van der Waals surface area contributed by atoms with Crippen LogP contribution in [0.25, 0.3) is 10.9 Å². The zero-order chi connectivity index (χ0) is 12.4. The molecule has 0 aliphatic rings. The van der Waals surface area contributed by atoms with Gasteiger partial charge in [0.1, 0.15) is 5.82 Å². The maximum atomic E-state index is 13.5. The molecule has 0 amide bonds. The van der Waals surface area contributed by atoms with Gasteiger partial charge in [0.15, 0.2) is 0 Å². The lowest BCUT2D eigenvalue weighted by Gasteiger charge is -2.17. The van der Waals surface area contributed by atoms with Crippen LogP contribution in [-0.4, -0.2) is 17.2 Å². The van der Waals surface area contributed by atoms with Gasteiger partial charge in [0.05, 0.1) is 5.52 Å². The van der Waals surface area contributed by atoms with Gasteiger partial charge in [0.25, 0.3) is 0 Å². The van der Waals surface area contributed by atoms with Crippen LogP contribution < -0.4 is 5.32 Å². The van der Waals surface area contributed by atoms with Crippen molar-refractivity contribution in [1.82, 2.24) is 9.88 Å². The minimum Gasteiger partial charge on any atom is -0.343 e. The highest BCUT2D eigenvalue weighted by Gasteiger charge is 2.10. The van der Waals surface area contributed by atoms with Crippen LogP contribution in [0.4, 0.5) is 4.39 Å². The van der Waals surface area contributed by atoms with Crippen LogP contribution in [-0.2, 0) is 0 Å². The molecule has 2 nitrogen and oxygen atoms in total. The van der Waals surface area contributed by atoms with E-state index in [2.05, 4.69) is 30.7 Å². The molecule has 3 heteroatoms. The van der Waals surface area contributed by atoms with E-state index in [9.17, 15) is 4.39 Å². The zero-order valence-electron chi connectivity index (χ0n) is 10.6. The van der Waals surface area contributed by atoms with E-state index in [4.69, 9.17) is 0 Å². The number of hydrogen-bond donors (Lipinski definition) is 1. The third-order valence-corrected chi connectivity index (χ3v) is 3.01. The van der Waals surface area contributed by atoms with Gasteiger partial charge in [-0.3, -0.25) is 0 Å². The third-order valence-electron chi connectivity index (χ3n) is 3.01. The van der Waals surface area contributed by atoms with Crippen LogP contribution >= 0.6 is 0 Å². The van der Waals surface area contributed by atoms with Gasteiger partial charge >= 0.3 is 0 Å². The van der Waals surface area contributed by atoms with Crippen molar-refractivity contribution in [3.05, 3.63) is 36.3 Å². The van der Waals surface area contributed by atoms with Gasteiger partial charge in [-0.1, -0.05) is 19.9 Å². The number of halogens is 1. The van der Waals surface area contributed by atoms with Crippen molar-refractivity contribution < 1.29 is 4.39 Å². The predicted molar refractivity (Wildman–Crippen MR) is 69.7 cm³/mol. The Hall–Kier alpha value is -1.35. The van der Waals surface area contributed by atoms with Crippen LogP contribution in [0.2, 0.25) is 0 Å². The topological polar surface area (TPSA) is 17.0 Å². The molecule has 92 valence electrons. The van der Waals surface area contributed by atoms with Crippen molar-refractivity contribution in [2.75, 3.05) is 6.54 Å². The average Bonchev–Trinajstić information content (AvgIpc) is 2.71. The van der Waals surface area contributed by atoms with E-state index >= 15 is 0 Å². The molecule has 0 saturated heterocycles. The molecule has 17 heavy (non-hydrogen) atoms. The Labute approximate surface area is 101 Å². The Kier molecular flexibility index (Phi) is 3.48. The minimum absolute atomic E-state index is 0.148. The Morgan fingerprint density at radius 2 is 2.00 bits per heavy atom. The highest BCUT2D eigenvalue weighted by Crippen LogP contribution is 2.22. The Morgan fingerprint density at radius 1 is 1.24 bits per heavy atom. The Bertz CT molecular complexity index is 502. The highest BCUT2D eigenvalue weighted by molar-refractivity contribution is 5.80. The number of aromatic nitrogens is 1. The summed E-state index contributed by atoms with van der Waals surface area (Å²) in [4.78, 5) is 0. The quantitative estimate of drug-likeness (QED) is 0.858. The van der Waals surface area contributed by atoms with E-state index in [1.807, 2.05) is 18.3 Å². The average molecular weight is 234 g/mol. The molecular formula is C14H19FN2. The first kappa shape index (κ1) is 12.1. The lowest BCUT2D eigenvalue weighted by molar-refractivity contribution is 0.473. The molecule has 1 atom stereocenters. The van der Waals surface area contributed by atoms with Gasteiger partial charge in [0.2, 0.25) is 0 Å². The first-order valence-corrected chi connectivity index (χ1v) is 6.08. The lowest BCUT2D eigenvalue weighted by atomic mass is 10.2. The smallest absolute Gasteiger partial charge is 0.132 e. The highest BCUT2D eigenvalue weighted by atomic mass is 19.1. The fourth-order valence-electron chi connectivity index (χ4n) is 2.04. The summed E-state index contributed by atoms with van der Waals surface area (Å²) in [5, 5.41) is 4.10. The third kappa shape index (κ3) is 2.50. The molecule has 1 aromatic heterocycles. The molecule has 1 N–H and O–H groups in total.